The molecule has 3 nitrogen and oxygen atoms in total. The van der Waals surface area contributed by atoms with Gasteiger partial charge in [0, 0.05) is 12.5 Å². The first kappa shape index (κ1) is 14.0. The SMILES string of the molecule is CNC(Cc1ccc(OC)cc1)c1ccc2c(c1)CCO2. The number of rotatable bonds is 5. The van der Waals surface area contributed by atoms with Gasteiger partial charge in [-0.25, -0.2) is 0 Å². The van der Waals surface area contributed by atoms with Crippen molar-refractivity contribution in [2.24, 2.45) is 0 Å². The van der Waals surface area contributed by atoms with Crippen molar-refractivity contribution in [1.82, 2.24) is 5.32 Å². The van der Waals surface area contributed by atoms with Gasteiger partial charge in [-0.15, -0.1) is 0 Å². The topological polar surface area (TPSA) is 30.5 Å². The van der Waals surface area contributed by atoms with Crippen molar-refractivity contribution >= 4 is 0 Å². The molecule has 1 unspecified atom stereocenters. The number of benzene rings is 2. The van der Waals surface area contributed by atoms with Crippen LogP contribution in [0, 0.1) is 0 Å². The number of methoxy groups -OCH3 is 1. The molecule has 0 fully saturated rings. The Balaban J connectivity index is 1.78. The monoisotopic (exact) mass is 283 g/mol. The predicted octanol–water partition coefficient (Wildman–Crippen LogP) is 3.13. The lowest BCUT2D eigenvalue weighted by Crippen LogP contribution is -2.18. The normalized spacial score (nSPS) is 14.4. The third-order valence-corrected chi connectivity index (χ3v) is 4.06. The van der Waals surface area contributed by atoms with Crippen LogP contribution in [0.4, 0.5) is 0 Å². The maximum atomic E-state index is 5.58. The molecule has 0 aliphatic carbocycles. The number of likely N-dealkylation sites (N-methyl/N-ethyl adjacent to an activating group) is 1. The molecule has 3 rings (SSSR count). The highest BCUT2D eigenvalue weighted by Gasteiger charge is 2.16. The minimum absolute atomic E-state index is 0.310. The minimum atomic E-state index is 0.310. The van der Waals surface area contributed by atoms with Gasteiger partial charge < -0.3 is 14.8 Å². The zero-order valence-corrected chi connectivity index (χ0v) is 12.6. The molecule has 0 saturated heterocycles. The molecule has 0 saturated carbocycles. The quantitative estimate of drug-likeness (QED) is 0.914. The molecule has 1 aliphatic heterocycles. The third-order valence-electron chi connectivity index (χ3n) is 4.06. The first-order valence-corrected chi connectivity index (χ1v) is 7.36. The lowest BCUT2D eigenvalue weighted by molar-refractivity contribution is 0.356. The van der Waals surface area contributed by atoms with Gasteiger partial charge in [-0.05, 0) is 48.4 Å². The van der Waals surface area contributed by atoms with E-state index in [4.69, 9.17) is 9.47 Å². The maximum Gasteiger partial charge on any atom is 0.122 e. The van der Waals surface area contributed by atoms with E-state index in [0.717, 1.165) is 30.9 Å². The first-order valence-electron chi connectivity index (χ1n) is 7.36. The molecule has 3 heteroatoms. The van der Waals surface area contributed by atoms with Gasteiger partial charge in [0.05, 0.1) is 13.7 Å². The highest BCUT2D eigenvalue weighted by atomic mass is 16.5. The van der Waals surface area contributed by atoms with E-state index >= 15 is 0 Å². The molecule has 21 heavy (non-hydrogen) atoms. The van der Waals surface area contributed by atoms with Crippen molar-refractivity contribution in [3.63, 3.8) is 0 Å². The molecule has 0 bridgehead atoms. The maximum absolute atomic E-state index is 5.58. The summed E-state index contributed by atoms with van der Waals surface area (Å²) in [6.45, 7) is 0.807. The molecule has 1 heterocycles. The highest BCUT2D eigenvalue weighted by molar-refractivity contribution is 5.41. The summed E-state index contributed by atoms with van der Waals surface area (Å²) in [7, 11) is 3.70. The number of ether oxygens (including phenoxy) is 2. The van der Waals surface area contributed by atoms with Crippen molar-refractivity contribution < 1.29 is 9.47 Å². The summed E-state index contributed by atoms with van der Waals surface area (Å²) in [6.07, 6.45) is 1.97. The molecule has 0 aromatic heterocycles. The number of hydrogen-bond acceptors (Lipinski definition) is 3. The summed E-state index contributed by atoms with van der Waals surface area (Å²) in [5, 5.41) is 3.41. The van der Waals surface area contributed by atoms with Gasteiger partial charge in [0.1, 0.15) is 11.5 Å². The van der Waals surface area contributed by atoms with E-state index in [1.54, 1.807) is 7.11 Å². The van der Waals surface area contributed by atoms with E-state index in [0.29, 0.717) is 6.04 Å². The lowest BCUT2D eigenvalue weighted by Gasteiger charge is -2.18. The van der Waals surface area contributed by atoms with Gasteiger partial charge >= 0.3 is 0 Å². The highest BCUT2D eigenvalue weighted by Crippen LogP contribution is 2.29. The second-order valence-corrected chi connectivity index (χ2v) is 5.36. The minimum Gasteiger partial charge on any atom is -0.497 e. The van der Waals surface area contributed by atoms with E-state index in [1.165, 1.54) is 16.7 Å². The molecular formula is C18H21NO2. The molecule has 0 spiro atoms. The molecule has 2 aromatic rings. The van der Waals surface area contributed by atoms with Crippen molar-refractivity contribution in [3.8, 4) is 11.5 Å². The van der Waals surface area contributed by atoms with Crippen molar-refractivity contribution in [1.29, 1.82) is 0 Å². The number of nitrogens with one attached hydrogen (secondary N) is 1. The fourth-order valence-corrected chi connectivity index (χ4v) is 2.81. The van der Waals surface area contributed by atoms with Gasteiger partial charge in [0.25, 0.3) is 0 Å². The Bertz CT molecular complexity index is 607. The Hall–Kier alpha value is -2.00. The molecule has 1 N–H and O–H groups in total. The molecule has 0 amide bonds. The second-order valence-electron chi connectivity index (χ2n) is 5.36. The van der Waals surface area contributed by atoms with E-state index in [-0.39, 0.29) is 0 Å². The van der Waals surface area contributed by atoms with Gasteiger partial charge in [0.2, 0.25) is 0 Å². The van der Waals surface area contributed by atoms with Crippen molar-refractivity contribution in [2.75, 3.05) is 20.8 Å². The van der Waals surface area contributed by atoms with E-state index in [9.17, 15) is 0 Å². The summed E-state index contributed by atoms with van der Waals surface area (Å²) in [6, 6.07) is 15.1. The molecule has 2 aromatic carbocycles. The Morgan fingerprint density at radius 3 is 2.71 bits per heavy atom. The molecule has 1 atom stereocenters. The third kappa shape index (κ3) is 3.03. The van der Waals surface area contributed by atoms with Gasteiger partial charge in [-0.3, -0.25) is 0 Å². The van der Waals surface area contributed by atoms with Crippen LogP contribution in [0.5, 0.6) is 11.5 Å². The average molecular weight is 283 g/mol. The summed E-state index contributed by atoms with van der Waals surface area (Å²) in [5.41, 5.74) is 3.94. The van der Waals surface area contributed by atoms with Crippen LogP contribution in [-0.2, 0) is 12.8 Å². The van der Waals surface area contributed by atoms with Crippen LogP contribution in [0.25, 0.3) is 0 Å². The van der Waals surface area contributed by atoms with Crippen molar-refractivity contribution in [3.05, 3.63) is 59.2 Å². The van der Waals surface area contributed by atoms with Crippen molar-refractivity contribution in [2.45, 2.75) is 18.9 Å². The Morgan fingerprint density at radius 2 is 2.00 bits per heavy atom. The molecule has 0 radical (unpaired) electrons. The fourth-order valence-electron chi connectivity index (χ4n) is 2.81. The van der Waals surface area contributed by atoms with E-state index in [1.807, 2.05) is 19.2 Å². The Kier molecular flexibility index (Phi) is 4.11. The molecule has 110 valence electrons. The second kappa shape index (κ2) is 6.19. The first-order chi connectivity index (χ1) is 10.3. The fraction of sp³-hybridized carbons (Fsp3) is 0.333. The van der Waals surface area contributed by atoms with Crippen LogP contribution in [0.2, 0.25) is 0 Å². The summed E-state index contributed by atoms with van der Waals surface area (Å²) in [4.78, 5) is 0. The van der Waals surface area contributed by atoms with Crippen LogP contribution >= 0.6 is 0 Å². The van der Waals surface area contributed by atoms with Crippen LogP contribution in [0.15, 0.2) is 42.5 Å². The standard InChI is InChI=1S/C18H21NO2/c1-19-17(11-13-3-6-16(20-2)7-4-13)14-5-8-18-15(12-14)9-10-21-18/h3-8,12,17,19H,9-11H2,1-2H3. The number of fused-ring (bicyclic) bond motifs is 1. The van der Waals surface area contributed by atoms with E-state index < -0.39 is 0 Å². The van der Waals surface area contributed by atoms with Crippen LogP contribution in [0.3, 0.4) is 0 Å². The zero-order valence-electron chi connectivity index (χ0n) is 12.6. The Labute approximate surface area is 125 Å². The van der Waals surface area contributed by atoms with Gasteiger partial charge in [0.15, 0.2) is 0 Å². The summed E-state index contributed by atoms with van der Waals surface area (Å²) in [5.74, 6) is 1.94. The molecule has 1 aliphatic rings. The van der Waals surface area contributed by atoms with Gasteiger partial charge in [-0.2, -0.15) is 0 Å². The van der Waals surface area contributed by atoms with Gasteiger partial charge in [-0.1, -0.05) is 24.3 Å². The van der Waals surface area contributed by atoms with Crippen LogP contribution in [-0.4, -0.2) is 20.8 Å². The number of hydrogen-bond donors (Lipinski definition) is 1. The largest absolute Gasteiger partial charge is 0.497 e. The summed E-state index contributed by atoms with van der Waals surface area (Å²) >= 11 is 0. The average Bonchev–Trinajstić information content (AvgIpc) is 3.00. The molecular weight excluding hydrogens is 262 g/mol. The summed E-state index contributed by atoms with van der Waals surface area (Å²) < 4.78 is 10.8. The lowest BCUT2D eigenvalue weighted by atomic mass is 9.97. The Morgan fingerprint density at radius 1 is 1.19 bits per heavy atom. The van der Waals surface area contributed by atoms with Crippen LogP contribution in [0.1, 0.15) is 22.7 Å². The van der Waals surface area contributed by atoms with Crippen LogP contribution < -0.4 is 14.8 Å². The zero-order chi connectivity index (χ0) is 14.7. The predicted molar refractivity (Wildman–Crippen MR) is 84.1 cm³/mol. The smallest absolute Gasteiger partial charge is 0.122 e. The van der Waals surface area contributed by atoms with E-state index in [2.05, 4.69) is 35.6 Å².